The van der Waals surface area contributed by atoms with E-state index < -0.39 is 26.8 Å². The van der Waals surface area contributed by atoms with E-state index in [9.17, 15) is 18.4 Å². The largest absolute Gasteiger partial charge is 0.740 e. The Bertz CT molecular complexity index is 994. The molecular weight excluding hydrogens is 422 g/mol. The molecule has 1 aromatic heterocycles. The summed E-state index contributed by atoms with van der Waals surface area (Å²) in [6, 6.07) is 3.69. The van der Waals surface area contributed by atoms with Gasteiger partial charge in [-0.05, 0) is 48.9 Å². The lowest BCUT2D eigenvalue weighted by atomic mass is 10.1. The Morgan fingerprint density at radius 3 is 2.35 bits per heavy atom. The third kappa shape index (κ3) is 5.17. The van der Waals surface area contributed by atoms with E-state index in [2.05, 4.69) is 10.4 Å². The van der Waals surface area contributed by atoms with Crippen molar-refractivity contribution in [2.24, 2.45) is 7.05 Å². The minimum atomic E-state index is -4.70. The van der Waals surface area contributed by atoms with Crippen LogP contribution in [-0.4, -0.2) is 48.0 Å². The van der Waals surface area contributed by atoms with E-state index in [1.54, 1.807) is 19.2 Å². The number of nitrogens with zero attached hydrogens (tertiary/aromatic N) is 4. The van der Waals surface area contributed by atoms with Gasteiger partial charge in [-0.25, -0.2) is 9.10 Å². The van der Waals surface area contributed by atoms with Crippen LogP contribution in [0.25, 0.3) is 0 Å². The van der Waals surface area contributed by atoms with Crippen LogP contribution in [0.15, 0.2) is 30.6 Å². The molecule has 1 N–H and O–H groups in total. The van der Waals surface area contributed by atoms with Crippen LogP contribution < -0.4 is 9.62 Å². The summed E-state index contributed by atoms with van der Waals surface area (Å²) in [6.45, 7) is 4.69. The minimum Gasteiger partial charge on any atom is -0.740 e. The molecule has 1 saturated heterocycles. The number of hydroxylamine groups is 1. The van der Waals surface area contributed by atoms with E-state index in [-0.39, 0.29) is 5.69 Å². The molecule has 2 aromatic rings. The van der Waals surface area contributed by atoms with Crippen molar-refractivity contribution in [1.82, 2.24) is 14.2 Å². The lowest BCUT2D eigenvalue weighted by Gasteiger charge is -2.39. The maximum absolute atomic E-state index is 13.2. The van der Waals surface area contributed by atoms with Crippen molar-refractivity contribution in [1.29, 1.82) is 0 Å². The Balaban J connectivity index is 1.88. The van der Waals surface area contributed by atoms with Gasteiger partial charge in [-0.2, -0.15) is 13.5 Å². The van der Waals surface area contributed by atoms with Crippen LogP contribution in [0.5, 0.6) is 0 Å². The molecule has 10 nitrogen and oxygen atoms in total. The first-order valence-corrected chi connectivity index (χ1v) is 11.7. The molecule has 0 radical (unpaired) electrons. The molecule has 1 aromatic carbocycles. The Kier molecular flexibility index (Phi) is 7.19. The maximum Gasteiger partial charge on any atom is 0.326 e. The van der Waals surface area contributed by atoms with Crippen molar-refractivity contribution in [2.75, 3.05) is 22.8 Å². The number of hydrogen-bond donors (Lipinski definition) is 1. The van der Waals surface area contributed by atoms with Crippen LogP contribution in [0.2, 0.25) is 0 Å². The van der Waals surface area contributed by atoms with Crippen LogP contribution in [0.1, 0.15) is 37.8 Å². The monoisotopic (exact) mass is 450 g/mol. The highest BCUT2D eigenvalue weighted by atomic mass is 32.2. The second-order valence-electron chi connectivity index (χ2n) is 7.42. The Hall–Kier alpha value is -2.63. The van der Waals surface area contributed by atoms with Crippen molar-refractivity contribution < 1.29 is 17.9 Å². The molecule has 1 aliphatic rings. The van der Waals surface area contributed by atoms with Crippen LogP contribution in [0, 0.1) is 5.21 Å². The van der Waals surface area contributed by atoms with Crippen LogP contribution in [0.3, 0.4) is 0 Å². The Labute approximate surface area is 182 Å². The number of benzene rings is 1. The van der Waals surface area contributed by atoms with Gasteiger partial charge in [0.25, 0.3) is 0 Å². The normalized spacial score (nSPS) is 15.0. The first-order valence-electron chi connectivity index (χ1n) is 10.3. The lowest BCUT2D eigenvalue weighted by Crippen LogP contribution is -2.51. The number of urea groups is 1. The van der Waals surface area contributed by atoms with Gasteiger partial charge in [-0.3, -0.25) is 9.15 Å². The summed E-state index contributed by atoms with van der Waals surface area (Å²) < 4.78 is 33.7. The molecule has 2 heterocycles. The number of ether oxygens (including phenoxy) is 1. The predicted octanol–water partition coefficient (Wildman–Crippen LogP) is 2.81. The van der Waals surface area contributed by atoms with Gasteiger partial charge in [0.05, 0.1) is 17.9 Å². The molecule has 0 unspecified atom stereocenters. The third-order valence-corrected chi connectivity index (χ3v) is 6.80. The van der Waals surface area contributed by atoms with Gasteiger partial charge in [-0.1, -0.05) is 19.9 Å². The van der Waals surface area contributed by atoms with E-state index in [0.717, 1.165) is 28.3 Å². The zero-order chi connectivity index (χ0) is 22.6. The van der Waals surface area contributed by atoms with Crippen LogP contribution >= 0.6 is 0 Å². The first-order chi connectivity index (χ1) is 14.8. The van der Waals surface area contributed by atoms with Crippen LogP contribution in [0.4, 0.5) is 16.2 Å². The fraction of sp³-hybridized carbons (Fsp3) is 0.500. The molecular formula is C20H28N5O5S-. The van der Waals surface area contributed by atoms with E-state index >= 15 is 0 Å². The van der Waals surface area contributed by atoms with Crippen molar-refractivity contribution in [3.63, 3.8) is 0 Å². The first kappa shape index (κ1) is 23.0. The predicted molar refractivity (Wildman–Crippen MR) is 118 cm³/mol. The van der Waals surface area contributed by atoms with Gasteiger partial charge >= 0.3 is 16.2 Å². The van der Waals surface area contributed by atoms with Crippen molar-refractivity contribution in [3.8, 4) is 0 Å². The molecule has 0 spiro atoms. The molecule has 170 valence electrons. The van der Waals surface area contributed by atoms with Gasteiger partial charge in [0.15, 0.2) is 0 Å². The van der Waals surface area contributed by atoms with Crippen LogP contribution in [-0.2, 0) is 34.8 Å². The molecule has 1 aliphatic heterocycles. The highest BCUT2D eigenvalue weighted by Crippen LogP contribution is 2.28. The molecule has 3 rings (SSSR count). The number of anilines is 2. The maximum atomic E-state index is 13.2. The zero-order valence-corrected chi connectivity index (χ0v) is 18.8. The van der Waals surface area contributed by atoms with Gasteiger partial charge in [0, 0.05) is 32.1 Å². The van der Waals surface area contributed by atoms with E-state index in [1.165, 1.54) is 17.1 Å². The van der Waals surface area contributed by atoms with Gasteiger partial charge < -0.3 is 15.3 Å². The molecule has 1 fully saturated rings. The number of carbonyl (C=O) groups excluding carboxylic acids is 1. The number of aryl methyl sites for hydroxylation is 3. The molecule has 0 aliphatic carbocycles. The summed E-state index contributed by atoms with van der Waals surface area (Å²) in [5.74, 6) is 0. The number of rotatable bonds is 7. The van der Waals surface area contributed by atoms with Gasteiger partial charge in [0.2, 0.25) is 0 Å². The number of hydrogen-bond acceptors (Lipinski definition) is 6. The smallest absolute Gasteiger partial charge is 0.326 e. The highest BCUT2D eigenvalue weighted by molar-refractivity contribution is 7.91. The third-order valence-electron chi connectivity index (χ3n) is 5.21. The Morgan fingerprint density at radius 1 is 1.23 bits per heavy atom. The quantitative estimate of drug-likeness (QED) is 0.648. The number of aromatic nitrogens is 2. The topological polar surface area (TPSA) is 120 Å². The van der Waals surface area contributed by atoms with Gasteiger partial charge in [-0.15, -0.1) is 0 Å². The van der Waals surface area contributed by atoms with Gasteiger partial charge in [0.1, 0.15) is 0 Å². The number of amides is 2. The summed E-state index contributed by atoms with van der Waals surface area (Å²) in [6.07, 6.45) is 5.15. The SMILES string of the molecule is CCc1cc(CC)cc(NC(=O)N([O-])S(=O)(=O)N(c2cnn(C)c2)C2CCOCC2)c1. The van der Waals surface area contributed by atoms with Crippen molar-refractivity contribution in [3.05, 3.63) is 46.9 Å². The summed E-state index contributed by atoms with van der Waals surface area (Å²) in [5.41, 5.74) is 2.57. The fourth-order valence-corrected chi connectivity index (χ4v) is 4.93. The average Bonchev–Trinajstić information content (AvgIpc) is 3.18. The molecule has 2 amide bonds. The Morgan fingerprint density at radius 2 is 1.84 bits per heavy atom. The number of carbonyl (C=O) groups is 1. The zero-order valence-electron chi connectivity index (χ0n) is 17.9. The van der Waals surface area contributed by atoms with E-state index in [4.69, 9.17) is 4.74 Å². The average molecular weight is 451 g/mol. The summed E-state index contributed by atoms with van der Waals surface area (Å²) >= 11 is 0. The van der Waals surface area contributed by atoms with Crippen molar-refractivity contribution >= 4 is 27.6 Å². The second kappa shape index (κ2) is 9.67. The fourth-order valence-electron chi connectivity index (χ4n) is 3.57. The molecule has 0 saturated carbocycles. The van der Waals surface area contributed by atoms with E-state index in [0.29, 0.717) is 31.7 Å². The molecule has 11 heteroatoms. The van der Waals surface area contributed by atoms with Crippen molar-refractivity contribution in [2.45, 2.75) is 45.6 Å². The highest BCUT2D eigenvalue weighted by Gasteiger charge is 2.35. The standard InChI is InChI=1S/C20H28N5O5S/c1-4-15-10-16(5-2)12-17(11-15)22-20(26)25(27)31(28,29)24(18-6-8-30-9-7-18)19-13-21-23(3)14-19/h10-14,18H,4-9H2,1-3H3,(H,22,26)/q-1. The molecule has 0 bridgehead atoms. The minimum absolute atomic E-state index is 0.226. The summed E-state index contributed by atoms with van der Waals surface area (Å²) in [5, 5.41) is 19.2. The lowest BCUT2D eigenvalue weighted by molar-refractivity contribution is 0.0874. The van der Waals surface area contributed by atoms with E-state index in [1.807, 2.05) is 19.9 Å². The summed E-state index contributed by atoms with van der Waals surface area (Å²) in [7, 11) is -3.06. The molecule has 31 heavy (non-hydrogen) atoms. The number of nitrogens with one attached hydrogen (secondary N) is 1. The molecule has 0 atom stereocenters. The second-order valence-corrected chi connectivity index (χ2v) is 9.04. The summed E-state index contributed by atoms with van der Waals surface area (Å²) in [4.78, 5) is 12.6.